The summed E-state index contributed by atoms with van der Waals surface area (Å²) in [6, 6.07) is 4.26. The molecule has 2 N–H and O–H groups in total. The van der Waals surface area contributed by atoms with Gasteiger partial charge in [0, 0.05) is 25.3 Å². The fourth-order valence-electron chi connectivity index (χ4n) is 2.53. The van der Waals surface area contributed by atoms with Gasteiger partial charge < -0.3 is 10.6 Å². The lowest BCUT2D eigenvalue weighted by Crippen LogP contribution is -2.26. The highest BCUT2D eigenvalue weighted by Crippen LogP contribution is 2.35. The van der Waals surface area contributed by atoms with Gasteiger partial charge in [-0.2, -0.15) is 0 Å². The van der Waals surface area contributed by atoms with Crippen LogP contribution in [0.2, 0.25) is 0 Å². The molecule has 1 saturated heterocycles. The van der Waals surface area contributed by atoms with E-state index in [2.05, 4.69) is 42.8 Å². The predicted molar refractivity (Wildman–Crippen MR) is 76.6 cm³/mol. The van der Waals surface area contributed by atoms with Gasteiger partial charge in [-0.15, -0.1) is 0 Å². The van der Waals surface area contributed by atoms with E-state index < -0.39 is 0 Å². The minimum Gasteiger partial charge on any atom is -0.356 e. The molecule has 18 heavy (non-hydrogen) atoms. The number of nitrogens with two attached hydrogens (primary N) is 1. The van der Waals surface area contributed by atoms with Gasteiger partial charge in [0.1, 0.15) is 5.82 Å². The van der Waals surface area contributed by atoms with E-state index in [0.717, 1.165) is 30.4 Å². The molecule has 3 heteroatoms. The second kappa shape index (κ2) is 4.88. The summed E-state index contributed by atoms with van der Waals surface area (Å²) in [5.74, 6) is 1.85. The van der Waals surface area contributed by atoms with Crippen molar-refractivity contribution in [2.75, 3.05) is 18.0 Å². The number of anilines is 1. The Labute approximate surface area is 110 Å². The SMILES string of the molecule is C[C@@H](N)c1ccc(N2CCC(C(C)(C)C)C2)nc1. The Morgan fingerprint density at radius 1 is 1.39 bits per heavy atom. The summed E-state index contributed by atoms with van der Waals surface area (Å²) >= 11 is 0. The summed E-state index contributed by atoms with van der Waals surface area (Å²) in [7, 11) is 0. The van der Waals surface area contributed by atoms with E-state index in [1.807, 2.05) is 13.1 Å². The van der Waals surface area contributed by atoms with Gasteiger partial charge in [-0.3, -0.25) is 0 Å². The van der Waals surface area contributed by atoms with E-state index in [1.165, 1.54) is 6.42 Å². The molecule has 2 atom stereocenters. The molecule has 0 radical (unpaired) electrons. The first-order valence-electron chi connectivity index (χ1n) is 6.84. The second-order valence-corrected chi connectivity index (χ2v) is 6.54. The van der Waals surface area contributed by atoms with Crippen molar-refractivity contribution in [2.45, 2.75) is 40.2 Å². The van der Waals surface area contributed by atoms with Crippen molar-refractivity contribution in [3.8, 4) is 0 Å². The summed E-state index contributed by atoms with van der Waals surface area (Å²) < 4.78 is 0. The number of pyridine rings is 1. The van der Waals surface area contributed by atoms with Crippen LogP contribution in [0.15, 0.2) is 18.3 Å². The Balaban J connectivity index is 2.05. The van der Waals surface area contributed by atoms with Crippen molar-refractivity contribution in [2.24, 2.45) is 17.1 Å². The average Bonchev–Trinajstić information content (AvgIpc) is 2.78. The molecule has 1 aromatic rings. The zero-order valence-corrected chi connectivity index (χ0v) is 12.0. The Kier molecular flexibility index (Phi) is 3.62. The molecular weight excluding hydrogens is 222 g/mol. The smallest absolute Gasteiger partial charge is 0.128 e. The Morgan fingerprint density at radius 2 is 2.11 bits per heavy atom. The van der Waals surface area contributed by atoms with Crippen LogP contribution in [0, 0.1) is 11.3 Å². The highest BCUT2D eigenvalue weighted by Gasteiger charge is 2.32. The average molecular weight is 247 g/mol. The fraction of sp³-hybridized carbons (Fsp3) is 0.667. The maximum absolute atomic E-state index is 5.84. The third-order valence-electron chi connectivity index (χ3n) is 4.03. The van der Waals surface area contributed by atoms with E-state index in [1.54, 1.807) is 0 Å². The topological polar surface area (TPSA) is 42.1 Å². The molecule has 2 heterocycles. The summed E-state index contributed by atoms with van der Waals surface area (Å²) in [6.45, 7) is 11.2. The van der Waals surface area contributed by atoms with Crippen LogP contribution in [0.5, 0.6) is 0 Å². The van der Waals surface area contributed by atoms with Gasteiger partial charge in [-0.25, -0.2) is 4.98 Å². The molecule has 0 spiro atoms. The molecule has 0 amide bonds. The zero-order chi connectivity index (χ0) is 13.3. The minimum absolute atomic E-state index is 0.0625. The molecule has 100 valence electrons. The molecule has 1 unspecified atom stereocenters. The molecule has 1 fully saturated rings. The quantitative estimate of drug-likeness (QED) is 0.873. The van der Waals surface area contributed by atoms with E-state index in [-0.39, 0.29) is 6.04 Å². The largest absolute Gasteiger partial charge is 0.356 e. The summed E-state index contributed by atoms with van der Waals surface area (Å²) in [6.07, 6.45) is 3.17. The number of aromatic nitrogens is 1. The third-order valence-corrected chi connectivity index (χ3v) is 4.03. The van der Waals surface area contributed by atoms with Crippen molar-refractivity contribution in [3.05, 3.63) is 23.9 Å². The van der Waals surface area contributed by atoms with Gasteiger partial charge in [0.2, 0.25) is 0 Å². The normalized spacial score (nSPS) is 22.3. The van der Waals surface area contributed by atoms with Crippen molar-refractivity contribution in [1.29, 1.82) is 0 Å². The van der Waals surface area contributed by atoms with Crippen molar-refractivity contribution >= 4 is 5.82 Å². The lowest BCUT2D eigenvalue weighted by Gasteiger charge is -2.27. The zero-order valence-electron chi connectivity index (χ0n) is 12.0. The van der Waals surface area contributed by atoms with Crippen LogP contribution in [0.1, 0.15) is 45.7 Å². The first-order valence-corrected chi connectivity index (χ1v) is 6.84. The predicted octanol–water partition coefficient (Wildman–Crippen LogP) is 2.97. The monoisotopic (exact) mass is 247 g/mol. The van der Waals surface area contributed by atoms with Gasteiger partial charge in [0.15, 0.2) is 0 Å². The molecule has 0 aromatic carbocycles. The summed E-state index contributed by atoms with van der Waals surface area (Å²) in [4.78, 5) is 6.93. The van der Waals surface area contributed by atoms with Crippen molar-refractivity contribution in [3.63, 3.8) is 0 Å². The molecule has 1 aliphatic heterocycles. The van der Waals surface area contributed by atoms with Gasteiger partial charge in [-0.1, -0.05) is 26.8 Å². The Bertz CT molecular complexity index is 389. The third kappa shape index (κ3) is 2.83. The molecule has 1 aliphatic rings. The minimum atomic E-state index is 0.0625. The molecule has 2 rings (SSSR count). The van der Waals surface area contributed by atoms with Gasteiger partial charge in [0.05, 0.1) is 0 Å². The van der Waals surface area contributed by atoms with Crippen LogP contribution in [0.4, 0.5) is 5.82 Å². The lowest BCUT2D eigenvalue weighted by molar-refractivity contribution is 0.263. The number of hydrogen-bond acceptors (Lipinski definition) is 3. The molecule has 0 bridgehead atoms. The maximum Gasteiger partial charge on any atom is 0.128 e. The second-order valence-electron chi connectivity index (χ2n) is 6.54. The highest BCUT2D eigenvalue weighted by atomic mass is 15.2. The van der Waals surface area contributed by atoms with E-state index in [0.29, 0.717) is 5.41 Å². The Morgan fingerprint density at radius 3 is 2.56 bits per heavy atom. The first-order chi connectivity index (χ1) is 8.38. The van der Waals surface area contributed by atoms with E-state index in [4.69, 9.17) is 5.73 Å². The Hall–Kier alpha value is -1.09. The highest BCUT2D eigenvalue weighted by molar-refractivity contribution is 5.41. The molecule has 0 saturated carbocycles. The van der Waals surface area contributed by atoms with E-state index in [9.17, 15) is 0 Å². The van der Waals surface area contributed by atoms with Gasteiger partial charge in [0.25, 0.3) is 0 Å². The standard InChI is InChI=1S/C15H25N3/c1-11(16)12-5-6-14(17-9-12)18-8-7-13(10-18)15(2,3)4/h5-6,9,11,13H,7-8,10,16H2,1-4H3/t11-,13?/m1/s1. The first kappa shape index (κ1) is 13.3. The van der Waals surface area contributed by atoms with Crippen molar-refractivity contribution in [1.82, 2.24) is 4.98 Å². The molecule has 1 aromatic heterocycles. The van der Waals surface area contributed by atoms with Crippen LogP contribution in [0.25, 0.3) is 0 Å². The number of nitrogens with zero attached hydrogens (tertiary/aromatic N) is 2. The van der Waals surface area contributed by atoms with Crippen LogP contribution in [0.3, 0.4) is 0 Å². The van der Waals surface area contributed by atoms with Crippen molar-refractivity contribution < 1.29 is 0 Å². The van der Waals surface area contributed by atoms with Gasteiger partial charge in [-0.05, 0) is 36.3 Å². The van der Waals surface area contributed by atoms with Gasteiger partial charge >= 0.3 is 0 Å². The summed E-state index contributed by atoms with van der Waals surface area (Å²) in [5, 5.41) is 0. The number of hydrogen-bond donors (Lipinski definition) is 1. The maximum atomic E-state index is 5.84. The van der Waals surface area contributed by atoms with Crippen LogP contribution in [-0.4, -0.2) is 18.1 Å². The van der Waals surface area contributed by atoms with E-state index >= 15 is 0 Å². The van der Waals surface area contributed by atoms with Crippen LogP contribution in [-0.2, 0) is 0 Å². The lowest BCUT2D eigenvalue weighted by atomic mass is 9.80. The van der Waals surface area contributed by atoms with Crippen LogP contribution >= 0.6 is 0 Å². The van der Waals surface area contributed by atoms with Crippen LogP contribution < -0.4 is 10.6 Å². The molecule has 0 aliphatic carbocycles. The fourth-order valence-corrected chi connectivity index (χ4v) is 2.53. The molecule has 3 nitrogen and oxygen atoms in total. The molecular formula is C15H25N3. The summed E-state index contributed by atoms with van der Waals surface area (Å²) in [5.41, 5.74) is 7.33. The number of rotatable bonds is 2.